The standard InChI is InChI=1S/C6H8Br2O3/c1-6(7,8)4(9)3-5(10)11-2/h3H2,1-2H3. The summed E-state index contributed by atoms with van der Waals surface area (Å²) in [5, 5.41) is 0. The number of carbonyl (C=O) groups is 2. The lowest BCUT2D eigenvalue weighted by Crippen LogP contribution is -2.23. The SMILES string of the molecule is COC(=O)CC(=O)C(C)(Br)Br. The Morgan fingerprint density at radius 3 is 2.18 bits per heavy atom. The number of esters is 1. The van der Waals surface area contributed by atoms with Crippen molar-refractivity contribution in [2.45, 2.75) is 16.6 Å². The first kappa shape index (κ1) is 11.1. The number of ketones is 1. The molecule has 0 rings (SSSR count). The molecule has 0 N–H and O–H groups in total. The normalized spacial score (nSPS) is 10.9. The van der Waals surface area contributed by atoms with Gasteiger partial charge >= 0.3 is 5.97 Å². The van der Waals surface area contributed by atoms with Gasteiger partial charge in [0.1, 0.15) is 9.65 Å². The Bertz CT molecular complexity index is 171. The Kier molecular flexibility index (Phi) is 4.25. The molecule has 0 spiro atoms. The van der Waals surface area contributed by atoms with Crippen LogP contribution in [0.1, 0.15) is 13.3 Å². The van der Waals surface area contributed by atoms with E-state index < -0.39 is 9.20 Å². The summed E-state index contributed by atoms with van der Waals surface area (Å²) >= 11 is 6.12. The van der Waals surface area contributed by atoms with Gasteiger partial charge in [-0.05, 0) is 6.92 Å². The summed E-state index contributed by atoms with van der Waals surface area (Å²) in [6.07, 6.45) is -0.219. The number of carbonyl (C=O) groups excluding carboxylic acids is 2. The number of hydrogen-bond donors (Lipinski definition) is 0. The predicted octanol–water partition coefficient (Wildman–Crippen LogP) is 1.62. The van der Waals surface area contributed by atoms with Gasteiger partial charge in [0.25, 0.3) is 0 Å². The van der Waals surface area contributed by atoms with Gasteiger partial charge in [0.15, 0.2) is 5.78 Å². The summed E-state index contributed by atoms with van der Waals surface area (Å²) in [5.41, 5.74) is 0. The molecule has 0 aromatic heterocycles. The second kappa shape index (κ2) is 4.21. The van der Waals surface area contributed by atoms with Gasteiger partial charge in [0.2, 0.25) is 0 Å². The van der Waals surface area contributed by atoms with Gasteiger partial charge in [-0.2, -0.15) is 0 Å². The number of halogens is 2. The van der Waals surface area contributed by atoms with Crippen LogP contribution in [0.25, 0.3) is 0 Å². The fourth-order valence-corrected chi connectivity index (χ4v) is 0.639. The third-order valence-corrected chi connectivity index (χ3v) is 1.91. The average Bonchev–Trinajstić information content (AvgIpc) is 1.85. The maximum atomic E-state index is 11.0. The highest BCUT2D eigenvalue weighted by molar-refractivity contribution is 9.25. The Labute approximate surface area is 81.7 Å². The van der Waals surface area contributed by atoms with Gasteiger partial charge < -0.3 is 4.74 Å². The van der Waals surface area contributed by atoms with Crippen LogP contribution in [0.15, 0.2) is 0 Å². The Hall–Kier alpha value is 0.1000. The first-order valence-corrected chi connectivity index (χ1v) is 4.44. The summed E-state index contributed by atoms with van der Waals surface area (Å²) in [5.74, 6) is -0.788. The molecule has 0 saturated heterocycles. The minimum atomic E-state index is -0.825. The number of ether oxygens (including phenoxy) is 1. The van der Waals surface area contributed by atoms with Crippen LogP contribution in [0.4, 0.5) is 0 Å². The van der Waals surface area contributed by atoms with E-state index in [9.17, 15) is 9.59 Å². The van der Waals surface area contributed by atoms with E-state index in [0.29, 0.717) is 0 Å². The van der Waals surface area contributed by atoms with Gasteiger partial charge in [0, 0.05) is 0 Å². The third kappa shape index (κ3) is 4.53. The molecule has 64 valence electrons. The van der Waals surface area contributed by atoms with Gasteiger partial charge in [-0.25, -0.2) is 0 Å². The van der Waals surface area contributed by atoms with Crippen molar-refractivity contribution >= 4 is 43.6 Å². The van der Waals surface area contributed by atoms with E-state index in [0.717, 1.165) is 0 Å². The van der Waals surface area contributed by atoms with E-state index in [4.69, 9.17) is 0 Å². The Balaban J connectivity index is 3.99. The summed E-state index contributed by atoms with van der Waals surface area (Å²) in [7, 11) is 1.25. The van der Waals surface area contributed by atoms with Crippen LogP contribution in [0.2, 0.25) is 0 Å². The van der Waals surface area contributed by atoms with E-state index in [1.165, 1.54) is 7.11 Å². The zero-order valence-corrected chi connectivity index (χ0v) is 9.36. The van der Waals surface area contributed by atoms with E-state index in [2.05, 4.69) is 36.6 Å². The smallest absolute Gasteiger partial charge is 0.313 e. The summed E-state index contributed by atoms with van der Waals surface area (Å²) in [6.45, 7) is 1.61. The van der Waals surface area contributed by atoms with E-state index >= 15 is 0 Å². The van der Waals surface area contributed by atoms with Crippen molar-refractivity contribution in [3.63, 3.8) is 0 Å². The molecule has 11 heavy (non-hydrogen) atoms. The lowest BCUT2D eigenvalue weighted by atomic mass is 10.2. The number of methoxy groups -OCH3 is 1. The molecule has 0 unspecified atom stereocenters. The third-order valence-electron chi connectivity index (χ3n) is 1.02. The average molecular weight is 288 g/mol. The molecule has 5 heteroatoms. The van der Waals surface area contributed by atoms with E-state index in [1.807, 2.05) is 0 Å². The van der Waals surface area contributed by atoms with E-state index in [1.54, 1.807) is 6.92 Å². The second-order valence-corrected chi connectivity index (χ2v) is 6.30. The maximum Gasteiger partial charge on any atom is 0.313 e. The number of rotatable bonds is 3. The van der Waals surface area contributed by atoms with Crippen molar-refractivity contribution in [1.82, 2.24) is 0 Å². The largest absolute Gasteiger partial charge is 0.469 e. The molecule has 0 fully saturated rings. The van der Waals surface area contributed by atoms with Crippen molar-refractivity contribution in [2.24, 2.45) is 0 Å². The van der Waals surface area contributed by atoms with Crippen molar-refractivity contribution in [2.75, 3.05) is 7.11 Å². The zero-order chi connectivity index (χ0) is 9.07. The highest BCUT2D eigenvalue weighted by Crippen LogP contribution is 2.27. The fourth-order valence-electron chi connectivity index (χ4n) is 0.358. The first-order chi connectivity index (χ1) is 4.88. The molecule has 0 aliphatic heterocycles. The quantitative estimate of drug-likeness (QED) is 0.450. The maximum absolute atomic E-state index is 11.0. The lowest BCUT2D eigenvalue weighted by Gasteiger charge is -2.10. The Morgan fingerprint density at radius 2 is 1.91 bits per heavy atom. The van der Waals surface area contributed by atoms with Crippen molar-refractivity contribution in [3.05, 3.63) is 0 Å². The van der Waals surface area contributed by atoms with Crippen LogP contribution < -0.4 is 0 Å². The summed E-state index contributed by atoms with van der Waals surface area (Å²) in [4.78, 5) is 21.6. The molecule has 0 aliphatic carbocycles. The highest BCUT2D eigenvalue weighted by Gasteiger charge is 2.27. The van der Waals surface area contributed by atoms with Gasteiger partial charge in [-0.15, -0.1) is 0 Å². The van der Waals surface area contributed by atoms with Gasteiger partial charge in [-0.3, -0.25) is 9.59 Å². The number of Topliss-reactive ketones (excluding diaryl/α,β-unsaturated/α-hetero) is 1. The summed E-state index contributed by atoms with van der Waals surface area (Å²) < 4.78 is 3.49. The topological polar surface area (TPSA) is 43.4 Å². The van der Waals surface area contributed by atoms with Gasteiger partial charge in [0.05, 0.1) is 7.11 Å². The van der Waals surface area contributed by atoms with Crippen LogP contribution in [-0.4, -0.2) is 22.1 Å². The molecule has 0 heterocycles. The molecule has 0 amide bonds. The fraction of sp³-hybridized carbons (Fsp3) is 0.667. The van der Waals surface area contributed by atoms with Crippen LogP contribution >= 0.6 is 31.9 Å². The molecule has 0 radical (unpaired) electrons. The van der Waals surface area contributed by atoms with E-state index in [-0.39, 0.29) is 12.2 Å². The van der Waals surface area contributed by atoms with Crippen LogP contribution in [0.5, 0.6) is 0 Å². The molecular formula is C6H8Br2O3. The second-order valence-electron chi connectivity index (χ2n) is 2.06. The molecule has 0 aromatic carbocycles. The minimum absolute atomic E-state index is 0.219. The molecule has 3 nitrogen and oxygen atoms in total. The molecule has 0 saturated carbocycles. The zero-order valence-electron chi connectivity index (χ0n) is 6.19. The van der Waals surface area contributed by atoms with Crippen molar-refractivity contribution in [1.29, 1.82) is 0 Å². The number of hydrogen-bond acceptors (Lipinski definition) is 3. The minimum Gasteiger partial charge on any atom is -0.469 e. The monoisotopic (exact) mass is 286 g/mol. The number of alkyl halides is 2. The van der Waals surface area contributed by atoms with Crippen LogP contribution in [0, 0.1) is 0 Å². The summed E-state index contributed by atoms with van der Waals surface area (Å²) in [6, 6.07) is 0. The highest BCUT2D eigenvalue weighted by atomic mass is 79.9. The van der Waals surface area contributed by atoms with Crippen molar-refractivity contribution in [3.8, 4) is 0 Å². The predicted molar refractivity (Wildman–Crippen MR) is 47.9 cm³/mol. The van der Waals surface area contributed by atoms with Gasteiger partial charge in [-0.1, -0.05) is 31.9 Å². The van der Waals surface area contributed by atoms with Crippen LogP contribution in [0.3, 0.4) is 0 Å². The molecular weight excluding hydrogens is 280 g/mol. The van der Waals surface area contributed by atoms with Crippen LogP contribution in [-0.2, 0) is 14.3 Å². The Morgan fingerprint density at radius 1 is 1.45 bits per heavy atom. The lowest BCUT2D eigenvalue weighted by molar-refractivity contribution is -0.143. The van der Waals surface area contributed by atoms with Crippen molar-refractivity contribution < 1.29 is 14.3 Å². The first-order valence-electron chi connectivity index (χ1n) is 2.86. The molecule has 0 atom stereocenters. The molecule has 0 aliphatic rings. The molecule has 0 bridgehead atoms. The molecule has 0 aromatic rings.